The number of rotatable bonds is 8. The van der Waals surface area contributed by atoms with Crippen molar-refractivity contribution in [3.8, 4) is 11.5 Å². The van der Waals surface area contributed by atoms with Gasteiger partial charge in [0.1, 0.15) is 24.7 Å². The Morgan fingerprint density at radius 2 is 1.30 bits per heavy atom. The number of halogens is 4. The molecule has 0 saturated heterocycles. The van der Waals surface area contributed by atoms with Crippen LogP contribution in [0, 0.1) is 0 Å². The zero-order valence-corrected chi connectivity index (χ0v) is 21.5. The van der Waals surface area contributed by atoms with Crippen molar-refractivity contribution < 1.29 is 9.47 Å². The molecule has 27 heavy (non-hydrogen) atoms. The van der Waals surface area contributed by atoms with E-state index in [0.717, 1.165) is 40.5 Å². The smallest absolute Gasteiger partial charge is 0.150 e. The predicted octanol–water partition coefficient (Wildman–Crippen LogP) is 8.19. The van der Waals surface area contributed by atoms with Crippen LogP contribution in [0.4, 0.5) is 0 Å². The van der Waals surface area contributed by atoms with Crippen molar-refractivity contribution >= 4 is 63.7 Å². The average Bonchev–Trinajstić information content (AvgIpc) is 2.65. The summed E-state index contributed by atoms with van der Waals surface area (Å²) in [6.07, 6.45) is 3.45. The van der Waals surface area contributed by atoms with Crippen LogP contribution in [0.15, 0.2) is 67.5 Å². The van der Waals surface area contributed by atoms with Gasteiger partial charge >= 0.3 is 0 Å². The minimum absolute atomic E-state index is 0.281. The lowest BCUT2D eigenvalue weighted by molar-refractivity contribution is 0.357. The Morgan fingerprint density at radius 1 is 0.815 bits per heavy atom. The lowest BCUT2D eigenvalue weighted by Crippen LogP contribution is -2.21. The molecule has 0 atom stereocenters. The molecule has 2 aromatic rings. The predicted molar refractivity (Wildman–Crippen MR) is 127 cm³/mol. The molecule has 6 heteroatoms. The fourth-order valence-electron chi connectivity index (χ4n) is 2.70. The van der Waals surface area contributed by atoms with Crippen LogP contribution in [0.1, 0.15) is 25.0 Å². The maximum atomic E-state index is 5.81. The molecular formula is C21H20Br4O2. The van der Waals surface area contributed by atoms with Crippen LogP contribution in [0.2, 0.25) is 0 Å². The molecule has 144 valence electrons. The highest BCUT2D eigenvalue weighted by Gasteiger charge is 2.32. The maximum absolute atomic E-state index is 5.81. The molecule has 0 amide bonds. The van der Waals surface area contributed by atoms with Gasteiger partial charge in [-0.05, 0) is 87.0 Å². The quantitative estimate of drug-likeness (QED) is 0.218. The van der Waals surface area contributed by atoms with Gasteiger partial charge in [0.25, 0.3) is 0 Å². The van der Waals surface area contributed by atoms with Crippen molar-refractivity contribution in [2.45, 2.75) is 19.3 Å². The van der Waals surface area contributed by atoms with Crippen LogP contribution in [-0.2, 0) is 5.41 Å². The summed E-state index contributed by atoms with van der Waals surface area (Å²) in [6, 6.07) is 8.13. The molecule has 0 bridgehead atoms. The van der Waals surface area contributed by atoms with Crippen LogP contribution >= 0.6 is 63.7 Å². The second-order valence-corrected chi connectivity index (χ2v) is 9.48. The van der Waals surface area contributed by atoms with Crippen LogP contribution in [0.5, 0.6) is 11.5 Å². The van der Waals surface area contributed by atoms with Gasteiger partial charge in [0, 0.05) is 14.4 Å². The third-order valence-corrected chi connectivity index (χ3v) is 8.30. The molecule has 0 aliphatic rings. The van der Waals surface area contributed by atoms with Gasteiger partial charge in [0.2, 0.25) is 0 Å². The zero-order valence-electron chi connectivity index (χ0n) is 15.1. The van der Waals surface area contributed by atoms with Crippen LogP contribution in [-0.4, -0.2) is 13.2 Å². The Labute approximate surface area is 194 Å². The van der Waals surface area contributed by atoms with Crippen molar-refractivity contribution in [2.75, 3.05) is 13.2 Å². The van der Waals surface area contributed by atoms with Gasteiger partial charge in [0.15, 0.2) is 0 Å². The second-order valence-electron chi connectivity index (χ2n) is 6.31. The third-order valence-electron chi connectivity index (χ3n) is 4.14. The summed E-state index contributed by atoms with van der Waals surface area (Å²) < 4.78 is 15.0. The monoisotopic (exact) mass is 620 g/mol. The Morgan fingerprint density at radius 3 is 1.78 bits per heavy atom. The topological polar surface area (TPSA) is 18.5 Å². The van der Waals surface area contributed by atoms with Gasteiger partial charge in [-0.2, -0.15) is 0 Å². The first-order valence-electron chi connectivity index (χ1n) is 8.20. The molecule has 0 radical (unpaired) electrons. The molecule has 2 rings (SSSR count). The third kappa shape index (κ3) is 4.89. The van der Waals surface area contributed by atoms with E-state index >= 15 is 0 Å². The largest absolute Gasteiger partial charge is 0.490 e. The molecule has 0 heterocycles. The number of hydrogen-bond donors (Lipinski definition) is 0. The molecule has 0 spiro atoms. The van der Waals surface area contributed by atoms with E-state index in [0.29, 0.717) is 13.2 Å². The standard InChI is InChI=1S/C21H20Br4O2/c1-5-11-26-14-9-7-13(8-10-14)21(3,4)15-16(22)18(24)20(27-12-6-2)19(25)17(15)23/h5-10H,1-2,11-12H2,3-4H3. The molecule has 0 unspecified atom stereocenters. The fourth-order valence-corrected chi connectivity index (χ4v) is 6.00. The lowest BCUT2D eigenvalue weighted by Gasteiger charge is -2.30. The van der Waals surface area contributed by atoms with Crippen molar-refractivity contribution in [3.63, 3.8) is 0 Å². The molecule has 0 aliphatic heterocycles. The molecule has 2 nitrogen and oxygen atoms in total. The van der Waals surface area contributed by atoms with Crippen LogP contribution in [0.25, 0.3) is 0 Å². The van der Waals surface area contributed by atoms with E-state index in [2.05, 4.69) is 103 Å². The van der Waals surface area contributed by atoms with Gasteiger partial charge in [-0.3, -0.25) is 0 Å². The summed E-state index contributed by atoms with van der Waals surface area (Å²) >= 11 is 14.8. The van der Waals surface area contributed by atoms with E-state index < -0.39 is 0 Å². The van der Waals surface area contributed by atoms with Crippen LogP contribution in [0.3, 0.4) is 0 Å². The summed E-state index contributed by atoms with van der Waals surface area (Å²) in [5.74, 6) is 1.55. The van der Waals surface area contributed by atoms with E-state index in [1.165, 1.54) is 0 Å². The number of ether oxygens (including phenoxy) is 2. The van der Waals surface area contributed by atoms with Gasteiger partial charge in [0.05, 0.1) is 8.95 Å². The first-order chi connectivity index (χ1) is 12.8. The van der Waals surface area contributed by atoms with Crippen molar-refractivity contribution in [3.05, 3.63) is 78.6 Å². The molecule has 0 aromatic heterocycles. The maximum Gasteiger partial charge on any atom is 0.150 e. The van der Waals surface area contributed by atoms with E-state index in [1.807, 2.05) is 12.1 Å². The van der Waals surface area contributed by atoms with Gasteiger partial charge in [-0.25, -0.2) is 0 Å². The van der Waals surface area contributed by atoms with Gasteiger partial charge in [-0.15, -0.1) is 0 Å². The minimum atomic E-state index is -0.281. The summed E-state index contributed by atoms with van der Waals surface area (Å²) in [5, 5.41) is 0. The Balaban J connectivity index is 2.52. The highest BCUT2D eigenvalue weighted by molar-refractivity contribution is 9.14. The Hall–Kier alpha value is -0.560. The number of benzene rings is 2. The second kappa shape index (κ2) is 9.77. The van der Waals surface area contributed by atoms with E-state index in [9.17, 15) is 0 Å². The zero-order chi connectivity index (χ0) is 20.2. The minimum Gasteiger partial charge on any atom is -0.490 e. The summed E-state index contributed by atoms with van der Waals surface area (Å²) in [5.41, 5.74) is 1.98. The van der Waals surface area contributed by atoms with E-state index in [4.69, 9.17) is 9.47 Å². The first-order valence-corrected chi connectivity index (χ1v) is 11.4. The van der Waals surface area contributed by atoms with Crippen molar-refractivity contribution in [2.24, 2.45) is 0 Å². The molecule has 0 N–H and O–H groups in total. The Bertz CT molecular complexity index is 813. The Kier molecular flexibility index (Phi) is 8.22. The highest BCUT2D eigenvalue weighted by atomic mass is 79.9. The highest BCUT2D eigenvalue weighted by Crippen LogP contribution is 2.51. The van der Waals surface area contributed by atoms with Crippen LogP contribution < -0.4 is 9.47 Å². The molecular weight excluding hydrogens is 604 g/mol. The van der Waals surface area contributed by atoms with Gasteiger partial charge in [-0.1, -0.05) is 51.3 Å². The van der Waals surface area contributed by atoms with E-state index in [-0.39, 0.29) is 5.41 Å². The molecule has 0 saturated carbocycles. The summed E-state index contributed by atoms with van der Waals surface area (Å²) in [4.78, 5) is 0. The first kappa shape index (κ1) is 22.7. The van der Waals surface area contributed by atoms with Gasteiger partial charge < -0.3 is 9.47 Å². The summed E-state index contributed by atoms with van der Waals surface area (Å²) in [6.45, 7) is 12.7. The van der Waals surface area contributed by atoms with E-state index in [1.54, 1.807) is 12.2 Å². The lowest BCUT2D eigenvalue weighted by atomic mass is 9.78. The fraction of sp³-hybridized carbons (Fsp3) is 0.238. The average molecular weight is 624 g/mol. The number of hydrogen-bond acceptors (Lipinski definition) is 2. The molecule has 0 fully saturated rings. The molecule has 2 aromatic carbocycles. The SMILES string of the molecule is C=CCOc1ccc(C(C)(C)c2c(Br)c(Br)c(OCC=C)c(Br)c2Br)cc1. The normalized spacial score (nSPS) is 11.2. The molecule has 0 aliphatic carbocycles. The van der Waals surface area contributed by atoms with Crippen molar-refractivity contribution in [1.82, 2.24) is 0 Å². The van der Waals surface area contributed by atoms with Crippen molar-refractivity contribution in [1.29, 1.82) is 0 Å². The summed E-state index contributed by atoms with van der Waals surface area (Å²) in [7, 11) is 0.